The van der Waals surface area contributed by atoms with Gasteiger partial charge in [-0.25, -0.2) is 15.3 Å². The first-order chi connectivity index (χ1) is 7.84. The van der Waals surface area contributed by atoms with Crippen molar-refractivity contribution < 1.29 is 9.63 Å². The Morgan fingerprint density at radius 2 is 2.00 bits per heavy atom. The van der Waals surface area contributed by atoms with Crippen LogP contribution in [0.5, 0.6) is 0 Å². The minimum absolute atomic E-state index is 0.0869. The van der Waals surface area contributed by atoms with Crippen LogP contribution in [0.4, 0.5) is 10.6 Å². The number of aryl methyl sites for hydroxylation is 1. The average Bonchev–Trinajstić information content (AvgIpc) is 2.15. The lowest BCUT2D eigenvalue weighted by atomic mass is 9.87. The number of carbonyl (C=O) groups is 1. The van der Waals surface area contributed by atoms with Crippen LogP contribution in [0, 0.1) is 6.92 Å². The first-order valence-electron chi connectivity index (χ1n) is 5.42. The van der Waals surface area contributed by atoms with E-state index < -0.39 is 6.03 Å². The summed E-state index contributed by atoms with van der Waals surface area (Å²) in [6.45, 7) is 8.09. The minimum Gasteiger partial charge on any atom is -0.290 e. The summed E-state index contributed by atoms with van der Waals surface area (Å²) in [6.07, 6.45) is 0. The second kappa shape index (κ2) is 5.14. The first-order valence-corrected chi connectivity index (χ1v) is 5.42. The van der Waals surface area contributed by atoms with Crippen LogP contribution < -0.4 is 10.8 Å². The lowest BCUT2D eigenvalue weighted by molar-refractivity contribution is 0.114. The highest BCUT2D eigenvalue weighted by Crippen LogP contribution is 2.28. The molecule has 0 saturated carbocycles. The molecular weight excluding hydrogens is 218 g/mol. The fourth-order valence-corrected chi connectivity index (χ4v) is 1.48. The summed E-state index contributed by atoms with van der Waals surface area (Å²) in [4.78, 5) is 20.3. The summed E-state index contributed by atoms with van der Waals surface area (Å²) in [7, 11) is 1.38. The molecule has 0 spiro atoms. The molecule has 0 bridgehead atoms. The maximum Gasteiger partial charge on any atom is 0.344 e. The minimum atomic E-state index is -0.434. The molecule has 0 atom stereocenters. The predicted molar refractivity (Wildman–Crippen MR) is 66.8 cm³/mol. The highest BCUT2D eigenvalue weighted by Gasteiger charge is 2.20. The fourth-order valence-electron chi connectivity index (χ4n) is 1.48. The monoisotopic (exact) mass is 237 g/mol. The van der Waals surface area contributed by atoms with Gasteiger partial charge in [-0.15, -0.1) is 0 Å². The Bertz CT molecular complexity index is 411. The normalized spacial score (nSPS) is 11.1. The number of hydroxylamine groups is 1. The highest BCUT2D eigenvalue weighted by atomic mass is 16.6. The lowest BCUT2D eigenvalue weighted by Gasteiger charge is -2.22. The van der Waals surface area contributed by atoms with Crippen LogP contribution in [0.2, 0.25) is 0 Å². The van der Waals surface area contributed by atoms with E-state index in [-0.39, 0.29) is 5.41 Å². The molecular formula is C12H19N3O2. The highest BCUT2D eigenvalue weighted by molar-refractivity contribution is 5.88. The molecule has 0 aliphatic rings. The van der Waals surface area contributed by atoms with Crippen LogP contribution in [0.1, 0.15) is 32.0 Å². The number of anilines is 1. The van der Waals surface area contributed by atoms with Crippen LogP contribution in [-0.4, -0.2) is 18.1 Å². The van der Waals surface area contributed by atoms with E-state index in [9.17, 15) is 4.79 Å². The number of pyridine rings is 1. The summed E-state index contributed by atoms with van der Waals surface area (Å²) >= 11 is 0. The van der Waals surface area contributed by atoms with Gasteiger partial charge in [0.05, 0.1) is 7.11 Å². The molecule has 94 valence electrons. The zero-order valence-electron chi connectivity index (χ0n) is 10.9. The molecule has 1 heterocycles. The van der Waals surface area contributed by atoms with Crippen molar-refractivity contribution in [2.75, 3.05) is 12.4 Å². The molecule has 0 aliphatic heterocycles. The number of hydrogen-bond donors (Lipinski definition) is 2. The zero-order valence-corrected chi connectivity index (χ0v) is 10.9. The molecule has 0 fully saturated rings. The number of carbonyl (C=O) groups excluding carboxylic acids is 1. The van der Waals surface area contributed by atoms with Gasteiger partial charge < -0.3 is 0 Å². The second-order valence-electron chi connectivity index (χ2n) is 4.86. The summed E-state index contributed by atoms with van der Waals surface area (Å²) in [6, 6.07) is 3.47. The molecule has 2 amide bonds. The van der Waals surface area contributed by atoms with Gasteiger partial charge in [-0.1, -0.05) is 26.8 Å². The second-order valence-corrected chi connectivity index (χ2v) is 4.86. The van der Waals surface area contributed by atoms with Gasteiger partial charge in [0.15, 0.2) is 0 Å². The van der Waals surface area contributed by atoms with Gasteiger partial charge in [-0.3, -0.25) is 10.2 Å². The molecule has 5 nitrogen and oxygen atoms in total. The van der Waals surface area contributed by atoms with Gasteiger partial charge >= 0.3 is 6.03 Å². The van der Waals surface area contributed by atoms with E-state index in [2.05, 4.69) is 41.4 Å². The number of rotatable bonds is 2. The Kier molecular flexibility index (Phi) is 4.07. The van der Waals surface area contributed by atoms with Crippen molar-refractivity contribution in [2.45, 2.75) is 33.1 Å². The van der Waals surface area contributed by atoms with E-state index in [1.807, 2.05) is 19.1 Å². The molecule has 0 unspecified atom stereocenters. The van der Waals surface area contributed by atoms with Crippen LogP contribution in [0.15, 0.2) is 12.1 Å². The zero-order chi connectivity index (χ0) is 13.1. The molecule has 17 heavy (non-hydrogen) atoms. The number of urea groups is 1. The molecule has 1 aromatic heterocycles. The van der Waals surface area contributed by atoms with Crippen molar-refractivity contribution >= 4 is 11.8 Å². The van der Waals surface area contributed by atoms with E-state index in [0.717, 1.165) is 11.3 Å². The van der Waals surface area contributed by atoms with E-state index in [0.29, 0.717) is 5.82 Å². The van der Waals surface area contributed by atoms with Gasteiger partial charge in [0.1, 0.15) is 5.82 Å². The Balaban J connectivity index is 3.04. The van der Waals surface area contributed by atoms with E-state index in [1.165, 1.54) is 7.11 Å². The third-order valence-electron chi connectivity index (χ3n) is 2.27. The predicted octanol–water partition coefficient (Wildman–Crippen LogP) is 2.37. The molecule has 0 saturated heterocycles. The van der Waals surface area contributed by atoms with Gasteiger partial charge in [-0.05, 0) is 18.4 Å². The molecule has 5 heteroatoms. The lowest BCUT2D eigenvalue weighted by Crippen LogP contribution is -2.29. The SMILES string of the molecule is CONC(=O)Nc1nc(C)ccc1C(C)(C)C. The molecule has 0 radical (unpaired) electrons. The third-order valence-corrected chi connectivity index (χ3v) is 2.27. The maximum absolute atomic E-state index is 11.4. The first kappa shape index (κ1) is 13.4. The maximum atomic E-state index is 11.4. The number of amides is 2. The Morgan fingerprint density at radius 1 is 1.35 bits per heavy atom. The summed E-state index contributed by atoms with van der Waals surface area (Å²) in [5.41, 5.74) is 3.95. The van der Waals surface area contributed by atoms with Crippen molar-refractivity contribution in [2.24, 2.45) is 0 Å². The Labute approximate surface area is 102 Å². The number of nitrogens with zero attached hydrogens (tertiary/aromatic N) is 1. The molecule has 2 N–H and O–H groups in total. The number of hydrogen-bond acceptors (Lipinski definition) is 3. The van der Waals surface area contributed by atoms with Crippen LogP contribution >= 0.6 is 0 Å². The van der Waals surface area contributed by atoms with Crippen molar-refractivity contribution in [3.8, 4) is 0 Å². The van der Waals surface area contributed by atoms with Gasteiger partial charge in [0.25, 0.3) is 0 Å². The van der Waals surface area contributed by atoms with E-state index >= 15 is 0 Å². The van der Waals surface area contributed by atoms with Crippen LogP contribution in [0.25, 0.3) is 0 Å². The topological polar surface area (TPSA) is 63.2 Å². The standard InChI is InChI=1S/C12H19N3O2/c1-8-6-7-9(12(2,3)4)10(13-8)14-11(16)15-17-5/h6-7H,1-5H3,(H2,13,14,15,16). The van der Waals surface area contributed by atoms with Gasteiger partial charge in [0.2, 0.25) is 0 Å². The van der Waals surface area contributed by atoms with Crippen molar-refractivity contribution in [1.29, 1.82) is 0 Å². The number of aromatic nitrogens is 1. The third kappa shape index (κ3) is 3.71. The van der Waals surface area contributed by atoms with E-state index in [1.54, 1.807) is 0 Å². The summed E-state index contributed by atoms with van der Waals surface area (Å²) < 4.78 is 0. The smallest absolute Gasteiger partial charge is 0.290 e. The number of nitrogens with one attached hydrogen (secondary N) is 2. The van der Waals surface area contributed by atoms with Gasteiger partial charge in [-0.2, -0.15) is 0 Å². The largest absolute Gasteiger partial charge is 0.344 e. The Hall–Kier alpha value is -1.62. The van der Waals surface area contributed by atoms with Crippen molar-refractivity contribution in [1.82, 2.24) is 10.5 Å². The molecule has 1 rings (SSSR count). The van der Waals surface area contributed by atoms with Crippen molar-refractivity contribution in [3.63, 3.8) is 0 Å². The van der Waals surface area contributed by atoms with Crippen LogP contribution in [-0.2, 0) is 10.3 Å². The molecule has 0 aliphatic carbocycles. The van der Waals surface area contributed by atoms with Crippen LogP contribution in [0.3, 0.4) is 0 Å². The van der Waals surface area contributed by atoms with Gasteiger partial charge in [0, 0.05) is 11.3 Å². The summed E-state index contributed by atoms with van der Waals surface area (Å²) in [5.74, 6) is 0.562. The summed E-state index contributed by atoms with van der Waals surface area (Å²) in [5, 5.41) is 2.67. The van der Waals surface area contributed by atoms with Crippen molar-refractivity contribution in [3.05, 3.63) is 23.4 Å². The fraction of sp³-hybridized carbons (Fsp3) is 0.500. The molecule has 1 aromatic rings. The van der Waals surface area contributed by atoms with E-state index in [4.69, 9.17) is 0 Å². The average molecular weight is 237 g/mol. The quantitative estimate of drug-likeness (QED) is 0.776. The Morgan fingerprint density at radius 3 is 2.53 bits per heavy atom. The molecule has 0 aromatic carbocycles.